The fourth-order valence-corrected chi connectivity index (χ4v) is 5.59. The number of benzene rings is 6. The van der Waals surface area contributed by atoms with Crippen molar-refractivity contribution < 1.29 is 0 Å². The summed E-state index contributed by atoms with van der Waals surface area (Å²) < 4.78 is 0. The lowest BCUT2D eigenvalue weighted by Crippen LogP contribution is -1.91. The van der Waals surface area contributed by atoms with Gasteiger partial charge >= 0.3 is 0 Å². The van der Waals surface area contributed by atoms with Crippen LogP contribution in [0.1, 0.15) is 11.1 Å². The zero-order valence-electron chi connectivity index (χ0n) is 19.0. The van der Waals surface area contributed by atoms with Crippen LogP contribution in [0, 0.1) is 0 Å². The lowest BCUT2D eigenvalue weighted by Gasteiger charge is -2.07. The van der Waals surface area contributed by atoms with Gasteiger partial charge in [0.2, 0.25) is 0 Å². The third-order valence-electron chi connectivity index (χ3n) is 6.32. The van der Waals surface area contributed by atoms with E-state index in [4.69, 9.17) is 0 Å². The van der Waals surface area contributed by atoms with E-state index in [2.05, 4.69) is 134 Å². The van der Waals surface area contributed by atoms with Crippen LogP contribution in [-0.4, -0.2) is 0 Å². The molecule has 6 rings (SSSR count). The minimum atomic E-state index is 1.01. The largest absolute Gasteiger partial charge is 0.133 e. The minimum absolute atomic E-state index is 1.01. The molecule has 0 amide bonds. The lowest BCUT2D eigenvalue weighted by atomic mass is 9.99. The van der Waals surface area contributed by atoms with Gasteiger partial charge in [0.1, 0.15) is 0 Å². The molecule has 0 radical (unpaired) electrons. The van der Waals surface area contributed by atoms with Gasteiger partial charge in [0, 0.05) is 0 Å². The highest BCUT2D eigenvalue weighted by molar-refractivity contribution is 7.27. The highest BCUT2D eigenvalue weighted by Crippen LogP contribution is 2.28. The lowest BCUT2D eigenvalue weighted by molar-refractivity contribution is 1.44. The monoisotopic (exact) mass is 512 g/mol. The van der Waals surface area contributed by atoms with E-state index in [1.165, 1.54) is 64.8 Å². The molecule has 0 aliphatic carbocycles. The smallest absolute Gasteiger partial charge is 0.0105 e. The van der Waals surface area contributed by atoms with Crippen molar-refractivity contribution in [3.63, 3.8) is 0 Å². The molecule has 4 atom stereocenters. The van der Waals surface area contributed by atoms with Gasteiger partial charge < -0.3 is 0 Å². The number of hydrogen-bond donors (Lipinski definition) is 0. The van der Waals surface area contributed by atoms with Gasteiger partial charge in [0.25, 0.3) is 0 Å². The van der Waals surface area contributed by atoms with Crippen LogP contribution in [-0.2, 0) is 12.3 Å². The van der Waals surface area contributed by atoms with Gasteiger partial charge in [-0.3, -0.25) is 0 Å². The molecule has 0 nitrogen and oxygen atoms in total. The fourth-order valence-electron chi connectivity index (χ4n) is 4.53. The molecule has 34 heavy (non-hydrogen) atoms. The van der Waals surface area contributed by atoms with Crippen LogP contribution in [0.15, 0.2) is 97.1 Å². The van der Waals surface area contributed by atoms with E-state index in [-0.39, 0.29) is 0 Å². The SMILES string of the molecule is PCc1ccc2c(ccc3cc(CP)ccc32)c1.Pc1ccc2c(ccc3cc(P)ccc32)c1. The highest BCUT2D eigenvalue weighted by atomic mass is 31.0. The Morgan fingerprint density at radius 1 is 0.382 bits per heavy atom. The molecule has 168 valence electrons. The van der Waals surface area contributed by atoms with Crippen molar-refractivity contribution in [2.75, 3.05) is 0 Å². The first-order valence-electron chi connectivity index (χ1n) is 11.4. The zero-order valence-corrected chi connectivity index (χ0v) is 23.6. The molecule has 6 aromatic rings. The second-order valence-electron chi connectivity index (χ2n) is 8.61. The molecule has 0 saturated heterocycles. The first kappa shape index (κ1) is 23.8. The average Bonchev–Trinajstić information content (AvgIpc) is 2.87. The summed E-state index contributed by atoms with van der Waals surface area (Å²) in [7, 11) is 11.1. The maximum atomic E-state index is 2.78. The van der Waals surface area contributed by atoms with E-state index in [1.54, 1.807) is 0 Å². The molecule has 0 saturated carbocycles. The molecule has 0 aliphatic heterocycles. The molecule has 0 heterocycles. The average molecular weight is 512 g/mol. The Balaban J connectivity index is 0.000000142. The highest BCUT2D eigenvalue weighted by Gasteiger charge is 2.03. The first-order chi connectivity index (χ1) is 16.6. The summed E-state index contributed by atoms with van der Waals surface area (Å²) in [5.74, 6) is 0. The Morgan fingerprint density at radius 3 is 1.06 bits per heavy atom. The quantitative estimate of drug-likeness (QED) is 0.165. The van der Waals surface area contributed by atoms with Crippen LogP contribution < -0.4 is 10.6 Å². The third-order valence-corrected chi connectivity index (χ3v) is 7.98. The Morgan fingerprint density at radius 2 is 0.706 bits per heavy atom. The summed E-state index contributed by atoms with van der Waals surface area (Å²) in [6.07, 6.45) is 2.03. The molecular weight excluding hydrogens is 484 g/mol. The van der Waals surface area contributed by atoms with Gasteiger partial charge in [-0.05, 0) is 89.3 Å². The van der Waals surface area contributed by atoms with Crippen molar-refractivity contribution in [1.29, 1.82) is 0 Å². The maximum Gasteiger partial charge on any atom is -0.0105 e. The van der Waals surface area contributed by atoms with Gasteiger partial charge in [-0.2, -0.15) is 0 Å². The second-order valence-corrected chi connectivity index (χ2v) is 10.8. The zero-order chi connectivity index (χ0) is 23.7. The van der Waals surface area contributed by atoms with Crippen molar-refractivity contribution in [2.24, 2.45) is 0 Å². The van der Waals surface area contributed by atoms with E-state index in [9.17, 15) is 0 Å². The molecule has 0 aliphatic rings. The summed E-state index contributed by atoms with van der Waals surface area (Å²) >= 11 is 0. The molecular formula is C30H28P4. The van der Waals surface area contributed by atoms with Crippen LogP contribution >= 0.6 is 37.0 Å². The fraction of sp³-hybridized carbons (Fsp3) is 0.0667. The molecule has 4 unspecified atom stereocenters. The predicted octanol–water partition coefficient (Wildman–Crippen LogP) is 7.74. The van der Waals surface area contributed by atoms with Crippen molar-refractivity contribution in [2.45, 2.75) is 12.3 Å². The molecule has 4 heteroatoms. The van der Waals surface area contributed by atoms with Crippen LogP contribution in [0.5, 0.6) is 0 Å². The van der Waals surface area contributed by atoms with Crippen molar-refractivity contribution >= 4 is 90.7 Å². The molecule has 0 aromatic heterocycles. The third kappa shape index (κ3) is 4.90. The predicted molar refractivity (Wildman–Crippen MR) is 168 cm³/mol. The summed E-state index contributed by atoms with van der Waals surface area (Å²) in [6.45, 7) is 0. The standard InChI is InChI=1S/C16H16P2.C14H12P2/c17-9-11-1-5-15-13(7-11)3-4-14-8-12(10-18)2-6-16(14)15;15-11-3-5-13-9(7-11)1-2-10-8-12(16)4-6-14(10)13/h1-8H,9-10,17-18H2;1-8H,15-16H2. The van der Waals surface area contributed by atoms with E-state index in [0.29, 0.717) is 0 Å². The summed E-state index contributed by atoms with van der Waals surface area (Å²) in [4.78, 5) is 0. The molecule has 0 N–H and O–H groups in total. The van der Waals surface area contributed by atoms with Crippen LogP contribution in [0.3, 0.4) is 0 Å². The van der Waals surface area contributed by atoms with Crippen LogP contribution in [0.4, 0.5) is 0 Å². The van der Waals surface area contributed by atoms with E-state index in [1.807, 2.05) is 0 Å². The summed E-state index contributed by atoms with van der Waals surface area (Å²) in [5.41, 5.74) is 2.74. The van der Waals surface area contributed by atoms with Crippen molar-refractivity contribution in [3.05, 3.63) is 108 Å². The van der Waals surface area contributed by atoms with E-state index < -0.39 is 0 Å². The number of rotatable bonds is 2. The second kappa shape index (κ2) is 10.4. The van der Waals surface area contributed by atoms with Gasteiger partial charge in [-0.25, -0.2) is 0 Å². The van der Waals surface area contributed by atoms with Crippen molar-refractivity contribution in [1.82, 2.24) is 0 Å². The van der Waals surface area contributed by atoms with Crippen LogP contribution in [0.2, 0.25) is 0 Å². The van der Waals surface area contributed by atoms with E-state index in [0.717, 1.165) is 12.3 Å². The molecule has 0 fully saturated rings. The first-order valence-corrected chi connectivity index (χ1v) is 14.2. The van der Waals surface area contributed by atoms with Crippen LogP contribution in [0.25, 0.3) is 43.1 Å². The number of hydrogen-bond acceptors (Lipinski definition) is 0. The van der Waals surface area contributed by atoms with Gasteiger partial charge in [-0.1, -0.05) is 84.9 Å². The minimum Gasteiger partial charge on any atom is -0.133 e. The Hall–Kier alpha value is -1.92. The number of fused-ring (bicyclic) bond motifs is 6. The Kier molecular flexibility index (Phi) is 7.26. The molecule has 0 spiro atoms. The topological polar surface area (TPSA) is 0 Å². The molecule has 0 bridgehead atoms. The maximum absolute atomic E-state index is 2.78. The van der Waals surface area contributed by atoms with Crippen molar-refractivity contribution in [3.8, 4) is 0 Å². The van der Waals surface area contributed by atoms with Gasteiger partial charge in [-0.15, -0.1) is 37.0 Å². The van der Waals surface area contributed by atoms with E-state index >= 15 is 0 Å². The Labute approximate surface area is 210 Å². The summed E-state index contributed by atoms with van der Waals surface area (Å²) in [6, 6.07) is 35.4. The van der Waals surface area contributed by atoms with Gasteiger partial charge in [0.15, 0.2) is 0 Å². The summed E-state index contributed by atoms with van der Waals surface area (Å²) in [5, 5.41) is 13.1. The molecule has 6 aromatic carbocycles. The normalized spacial score (nSPS) is 11.2. The Bertz CT molecular complexity index is 1530. The van der Waals surface area contributed by atoms with Gasteiger partial charge in [0.05, 0.1) is 0 Å².